The number of hydrogen-bond acceptors (Lipinski definition) is 2. The first-order valence-electron chi connectivity index (χ1n) is 6.88. The molecular formula is C14H14F4N2O3. The van der Waals surface area contributed by atoms with Crippen molar-refractivity contribution in [1.82, 2.24) is 10.2 Å². The van der Waals surface area contributed by atoms with Crippen LogP contribution in [0.5, 0.6) is 0 Å². The van der Waals surface area contributed by atoms with Crippen LogP contribution in [0.4, 0.5) is 22.4 Å². The van der Waals surface area contributed by atoms with E-state index in [4.69, 9.17) is 5.11 Å². The average molecular weight is 334 g/mol. The largest absolute Gasteiger partial charge is 0.481 e. The predicted molar refractivity (Wildman–Crippen MR) is 70.4 cm³/mol. The normalized spacial score (nSPS) is 17.9. The molecule has 1 heterocycles. The Kier molecular flexibility index (Phi) is 5.07. The van der Waals surface area contributed by atoms with Gasteiger partial charge in [0, 0.05) is 24.7 Å². The summed E-state index contributed by atoms with van der Waals surface area (Å²) in [6.45, 7) is -0.399. The van der Waals surface area contributed by atoms with Crippen LogP contribution < -0.4 is 5.32 Å². The molecule has 1 fully saturated rings. The van der Waals surface area contributed by atoms with Gasteiger partial charge in [0.2, 0.25) is 0 Å². The maximum absolute atomic E-state index is 13.5. The van der Waals surface area contributed by atoms with Crippen LogP contribution in [0.1, 0.15) is 18.4 Å². The van der Waals surface area contributed by atoms with Crippen molar-refractivity contribution in [2.24, 2.45) is 5.92 Å². The number of carbonyl (C=O) groups excluding carboxylic acids is 1. The van der Waals surface area contributed by atoms with E-state index in [0.717, 1.165) is 0 Å². The monoisotopic (exact) mass is 334 g/mol. The topological polar surface area (TPSA) is 69.6 Å². The number of carbonyl (C=O) groups is 2. The quantitative estimate of drug-likeness (QED) is 0.506. The number of hydrogen-bond donors (Lipinski definition) is 2. The van der Waals surface area contributed by atoms with Crippen LogP contribution in [-0.4, -0.2) is 35.1 Å². The van der Waals surface area contributed by atoms with E-state index < -0.39 is 53.3 Å². The summed E-state index contributed by atoms with van der Waals surface area (Å²) in [5, 5.41) is 11.1. The highest BCUT2D eigenvalue weighted by Gasteiger charge is 2.28. The Morgan fingerprint density at radius 1 is 1.22 bits per heavy atom. The van der Waals surface area contributed by atoms with E-state index in [1.807, 2.05) is 0 Å². The van der Waals surface area contributed by atoms with Crippen molar-refractivity contribution in [3.05, 3.63) is 34.9 Å². The minimum atomic E-state index is -1.82. The van der Waals surface area contributed by atoms with E-state index in [-0.39, 0.29) is 12.6 Å². The van der Waals surface area contributed by atoms with Gasteiger partial charge < -0.3 is 15.3 Å². The molecule has 0 aromatic heterocycles. The fourth-order valence-corrected chi connectivity index (χ4v) is 2.40. The van der Waals surface area contributed by atoms with Crippen LogP contribution >= 0.6 is 0 Å². The molecule has 1 aromatic rings. The zero-order chi connectivity index (χ0) is 17.1. The van der Waals surface area contributed by atoms with Gasteiger partial charge in [-0.1, -0.05) is 0 Å². The van der Waals surface area contributed by atoms with Gasteiger partial charge in [-0.15, -0.1) is 0 Å². The molecule has 2 rings (SSSR count). The molecule has 0 bridgehead atoms. The Labute approximate surface area is 128 Å². The van der Waals surface area contributed by atoms with Crippen molar-refractivity contribution in [2.45, 2.75) is 19.4 Å². The minimum absolute atomic E-state index is 0.0239. The lowest BCUT2D eigenvalue weighted by atomic mass is 9.99. The highest BCUT2D eigenvalue weighted by Crippen LogP contribution is 2.20. The molecule has 0 aliphatic carbocycles. The number of aliphatic carboxylic acids is 1. The van der Waals surface area contributed by atoms with Crippen molar-refractivity contribution >= 4 is 12.0 Å². The van der Waals surface area contributed by atoms with Crippen LogP contribution in [0.15, 0.2) is 6.07 Å². The van der Waals surface area contributed by atoms with E-state index in [1.54, 1.807) is 0 Å². The lowest BCUT2D eigenvalue weighted by molar-refractivity contribution is -0.143. The smallest absolute Gasteiger partial charge is 0.317 e. The minimum Gasteiger partial charge on any atom is -0.481 e. The van der Waals surface area contributed by atoms with E-state index in [2.05, 4.69) is 5.32 Å². The number of carboxylic acid groups (broad SMARTS) is 1. The molecule has 9 heteroatoms. The Morgan fingerprint density at radius 3 is 2.57 bits per heavy atom. The summed E-state index contributed by atoms with van der Waals surface area (Å²) < 4.78 is 52.9. The Bertz CT molecular complexity index is 639. The summed E-state index contributed by atoms with van der Waals surface area (Å²) >= 11 is 0. The Morgan fingerprint density at radius 2 is 1.91 bits per heavy atom. The number of benzene rings is 1. The van der Waals surface area contributed by atoms with Gasteiger partial charge in [-0.25, -0.2) is 22.4 Å². The number of likely N-dealkylation sites (tertiary alicyclic amines) is 1. The van der Waals surface area contributed by atoms with Gasteiger partial charge in [-0.05, 0) is 12.8 Å². The number of halogens is 4. The molecule has 1 unspecified atom stereocenters. The van der Waals surface area contributed by atoms with Crippen molar-refractivity contribution in [2.75, 3.05) is 13.1 Å². The van der Waals surface area contributed by atoms with Crippen molar-refractivity contribution in [3.63, 3.8) is 0 Å². The molecule has 0 saturated carbocycles. The number of urea groups is 1. The highest BCUT2D eigenvalue weighted by molar-refractivity contribution is 5.76. The molecule has 2 amide bonds. The third-order valence-corrected chi connectivity index (χ3v) is 3.68. The third kappa shape index (κ3) is 3.72. The summed E-state index contributed by atoms with van der Waals surface area (Å²) in [4.78, 5) is 24.1. The number of piperidine rings is 1. The first-order valence-corrected chi connectivity index (χ1v) is 6.88. The molecule has 23 heavy (non-hydrogen) atoms. The molecule has 1 aromatic carbocycles. The van der Waals surface area contributed by atoms with Gasteiger partial charge >= 0.3 is 12.0 Å². The van der Waals surface area contributed by atoms with E-state index in [1.165, 1.54) is 4.90 Å². The van der Waals surface area contributed by atoms with E-state index >= 15 is 0 Å². The highest BCUT2D eigenvalue weighted by atomic mass is 19.2. The molecule has 0 radical (unpaired) electrons. The lowest BCUT2D eigenvalue weighted by Crippen LogP contribution is -2.47. The summed E-state index contributed by atoms with van der Waals surface area (Å²) in [5.41, 5.74) is -0.802. The zero-order valence-electron chi connectivity index (χ0n) is 11.9. The van der Waals surface area contributed by atoms with Crippen LogP contribution in [-0.2, 0) is 11.3 Å². The molecule has 5 nitrogen and oxygen atoms in total. The Hall–Kier alpha value is -2.32. The van der Waals surface area contributed by atoms with Crippen LogP contribution in [0.25, 0.3) is 0 Å². The summed E-state index contributed by atoms with van der Waals surface area (Å²) in [5.74, 6) is -8.23. The second kappa shape index (κ2) is 6.84. The summed E-state index contributed by atoms with van der Waals surface area (Å²) in [6.07, 6.45) is 0.920. The lowest BCUT2D eigenvalue weighted by Gasteiger charge is -2.30. The van der Waals surface area contributed by atoms with Crippen LogP contribution in [0.3, 0.4) is 0 Å². The second-order valence-corrected chi connectivity index (χ2v) is 5.23. The number of carboxylic acids is 1. The van der Waals surface area contributed by atoms with Crippen molar-refractivity contribution < 1.29 is 32.3 Å². The van der Waals surface area contributed by atoms with Gasteiger partial charge in [0.25, 0.3) is 0 Å². The maximum atomic E-state index is 13.5. The number of rotatable bonds is 3. The standard InChI is InChI=1S/C14H14F4N2O3/c15-9-4-10(16)12(18)11(17)8(9)5-19-14(23)20-3-1-2-7(6-20)13(21)22/h4,7H,1-3,5-6H2,(H,19,23)(H,21,22). The zero-order valence-corrected chi connectivity index (χ0v) is 11.9. The van der Waals surface area contributed by atoms with Crippen LogP contribution in [0.2, 0.25) is 0 Å². The maximum Gasteiger partial charge on any atom is 0.317 e. The number of amides is 2. The first-order chi connectivity index (χ1) is 10.8. The van der Waals surface area contributed by atoms with Crippen molar-refractivity contribution in [3.8, 4) is 0 Å². The SMILES string of the molecule is O=C(O)C1CCCN(C(=O)NCc2c(F)cc(F)c(F)c2F)C1. The van der Waals surface area contributed by atoms with Crippen LogP contribution in [0, 0.1) is 29.2 Å². The summed E-state index contributed by atoms with van der Waals surface area (Å²) in [7, 11) is 0. The van der Waals surface area contributed by atoms with E-state index in [9.17, 15) is 27.2 Å². The Balaban J connectivity index is 2.02. The van der Waals surface area contributed by atoms with Gasteiger partial charge in [-0.3, -0.25) is 4.79 Å². The molecule has 1 aliphatic rings. The molecule has 1 atom stereocenters. The van der Waals surface area contributed by atoms with Gasteiger partial charge in [0.15, 0.2) is 17.5 Å². The molecule has 126 valence electrons. The molecule has 2 N–H and O–H groups in total. The van der Waals surface area contributed by atoms with Crippen molar-refractivity contribution in [1.29, 1.82) is 0 Å². The van der Waals surface area contributed by atoms with Gasteiger partial charge in [0.1, 0.15) is 5.82 Å². The first kappa shape index (κ1) is 17.0. The number of nitrogens with one attached hydrogen (secondary N) is 1. The predicted octanol–water partition coefficient (Wildman–Crippen LogP) is 2.25. The fraction of sp³-hybridized carbons (Fsp3) is 0.429. The second-order valence-electron chi connectivity index (χ2n) is 5.23. The average Bonchev–Trinajstić information content (AvgIpc) is 2.52. The number of nitrogens with zero attached hydrogens (tertiary/aromatic N) is 1. The molecule has 1 aliphatic heterocycles. The third-order valence-electron chi connectivity index (χ3n) is 3.68. The van der Waals surface area contributed by atoms with Gasteiger partial charge in [0.05, 0.1) is 12.5 Å². The van der Waals surface area contributed by atoms with E-state index in [0.29, 0.717) is 19.4 Å². The summed E-state index contributed by atoms with van der Waals surface area (Å²) in [6, 6.07) is -0.527. The van der Waals surface area contributed by atoms with Gasteiger partial charge in [-0.2, -0.15) is 0 Å². The molecular weight excluding hydrogens is 320 g/mol. The molecule has 0 spiro atoms. The fourth-order valence-electron chi connectivity index (χ4n) is 2.40. The molecule has 1 saturated heterocycles.